The molecule has 0 aliphatic carbocycles. The molecule has 0 fully saturated rings. The topological polar surface area (TPSA) is 37.6 Å². The van der Waals surface area contributed by atoms with Gasteiger partial charge in [0.25, 0.3) is 0 Å². The third-order valence-electron chi connectivity index (χ3n) is 3.68. The largest absolute Gasteiger partial charge is 0.255 e. The summed E-state index contributed by atoms with van der Waals surface area (Å²) >= 11 is 0. The average Bonchev–Trinajstić information content (AvgIpc) is 2.65. The molecule has 25 heavy (non-hydrogen) atoms. The zero-order valence-corrected chi connectivity index (χ0v) is 14.8. The molecule has 2 aromatic rings. The molecule has 0 aliphatic heterocycles. The Balaban J connectivity index is 2.20. The molecule has 126 valence electrons. The van der Waals surface area contributed by atoms with Gasteiger partial charge in [-0.1, -0.05) is 50.4 Å². The minimum atomic E-state index is 0.709. The molecule has 0 bridgehead atoms. The lowest BCUT2D eigenvalue weighted by molar-refractivity contribution is 1.27. The van der Waals surface area contributed by atoms with Crippen molar-refractivity contribution in [1.29, 1.82) is 0 Å². The van der Waals surface area contributed by atoms with Gasteiger partial charge in [-0.05, 0) is 48.8 Å². The molecule has 0 saturated heterocycles. The van der Waals surface area contributed by atoms with E-state index in [9.17, 15) is 0 Å². The summed E-state index contributed by atoms with van der Waals surface area (Å²) in [4.78, 5) is 13.3. The highest BCUT2D eigenvalue weighted by Gasteiger charge is 2.00. The number of aromatic nitrogens is 1. The number of benzene rings is 1. The lowest BCUT2D eigenvalue weighted by Gasteiger charge is -2.02. The van der Waals surface area contributed by atoms with Gasteiger partial charge < -0.3 is 0 Å². The fourth-order valence-electron chi connectivity index (χ4n) is 2.25. The van der Waals surface area contributed by atoms with E-state index in [0.717, 1.165) is 29.1 Å². The summed E-state index contributed by atoms with van der Waals surface area (Å²) in [7, 11) is 0. The van der Waals surface area contributed by atoms with Crippen LogP contribution in [0.3, 0.4) is 0 Å². The number of nitrogens with zero attached hydrogens (tertiary/aromatic N) is 3. The standard InChI is InChI=1S/C22H23N3/c1-5-19(25-21-11-9-8-10-17(21)4)14-12-18-13-15-22(24-16-18)20(6-2)23-7-3/h6-16H,2-3,5H2,1,4H3/b14-12+,23-20?,25-19?. The van der Waals surface area contributed by atoms with Crippen molar-refractivity contribution in [3.63, 3.8) is 0 Å². The molecule has 0 amide bonds. The molecule has 1 heterocycles. The van der Waals surface area contributed by atoms with E-state index in [1.54, 1.807) is 6.08 Å². The molecule has 1 aromatic carbocycles. The molecule has 0 aliphatic rings. The number of para-hydroxylation sites is 1. The first-order valence-electron chi connectivity index (χ1n) is 8.26. The fourth-order valence-corrected chi connectivity index (χ4v) is 2.25. The Kier molecular flexibility index (Phi) is 6.78. The monoisotopic (exact) mass is 329 g/mol. The van der Waals surface area contributed by atoms with Gasteiger partial charge >= 0.3 is 0 Å². The maximum Gasteiger partial charge on any atom is 0.0886 e. The van der Waals surface area contributed by atoms with Crippen LogP contribution in [0, 0.1) is 6.92 Å². The Hall–Kier alpha value is -3.07. The molecule has 1 aromatic heterocycles. The molecule has 2 rings (SSSR count). The molecule has 0 radical (unpaired) electrons. The van der Waals surface area contributed by atoms with Crippen molar-refractivity contribution in [2.45, 2.75) is 20.3 Å². The summed E-state index contributed by atoms with van der Waals surface area (Å²) in [5, 5.41) is 0. The first kappa shape index (κ1) is 18.3. The summed E-state index contributed by atoms with van der Waals surface area (Å²) in [5.41, 5.74) is 5.70. The lowest BCUT2D eigenvalue weighted by atomic mass is 10.1. The van der Waals surface area contributed by atoms with Crippen LogP contribution in [0.5, 0.6) is 0 Å². The SMILES string of the molecule is C=CN=C(C=C)c1ccc(/C=C/C(CC)=Nc2ccccc2C)cn1. The number of hydrogen-bond acceptors (Lipinski definition) is 3. The molecule has 3 heteroatoms. The van der Waals surface area contributed by atoms with Gasteiger partial charge in [-0.15, -0.1) is 0 Å². The molecule has 0 spiro atoms. The number of rotatable bonds is 7. The highest BCUT2D eigenvalue weighted by atomic mass is 14.8. The number of hydrogen-bond donors (Lipinski definition) is 0. The third-order valence-corrected chi connectivity index (χ3v) is 3.68. The Labute approximate surface area is 149 Å². The second kappa shape index (κ2) is 9.28. The van der Waals surface area contributed by atoms with Gasteiger partial charge in [0, 0.05) is 18.1 Å². The smallest absolute Gasteiger partial charge is 0.0886 e. The summed E-state index contributed by atoms with van der Waals surface area (Å²) in [6.07, 6.45) is 9.90. The van der Waals surface area contributed by atoms with Gasteiger partial charge in [0.1, 0.15) is 0 Å². The number of aliphatic imine (C=N–C) groups is 2. The van der Waals surface area contributed by atoms with Crippen molar-refractivity contribution in [3.05, 3.63) is 90.9 Å². The van der Waals surface area contributed by atoms with E-state index in [4.69, 9.17) is 4.99 Å². The van der Waals surface area contributed by atoms with Crippen molar-refractivity contribution in [3.8, 4) is 0 Å². The second-order valence-electron chi connectivity index (χ2n) is 5.45. The molecular formula is C22H23N3. The van der Waals surface area contributed by atoms with E-state index in [0.29, 0.717) is 5.71 Å². The summed E-state index contributed by atoms with van der Waals surface area (Å²) in [6.45, 7) is 11.5. The Morgan fingerprint density at radius 3 is 2.56 bits per heavy atom. The Bertz CT molecular complexity index is 825. The molecule has 0 atom stereocenters. The van der Waals surface area contributed by atoms with Crippen LogP contribution in [0.1, 0.15) is 30.2 Å². The van der Waals surface area contributed by atoms with E-state index in [2.05, 4.69) is 43.0 Å². The molecular weight excluding hydrogens is 306 g/mol. The van der Waals surface area contributed by atoms with Gasteiger partial charge in [-0.25, -0.2) is 0 Å². The third kappa shape index (κ3) is 5.21. The normalized spacial score (nSPS) is 12.4. The Morgan fingerprint density at radius 2 is 1.96 bits per heavy atom. The number of pyridine rings is 1. The van der Waals surface area contributed by atoms with Gasteiger partial charge in [0.2, 0.25) is 0 Å². The van der Waals surface area contributed by atoms with Crippen molar-refractivity contribution < 1.29 is 0 Å². The van der Waals surface area contributed by atoms with Crippen LogP contribution in [0.2, 0.25) is 0 Å². The van der Waals surface area contributed by atoms with E-state index in [1.807, 2.05) is 48.7 Å². The second-order valence-corrected chi connectivity index (χ2v) is 5.45. The van der Waals surface area contributed by atoms with Crippen molar-refractivity contribution in [2.24, 2.45) is 9.98 Å². The first-order chi connectivity index (χ1) is 12.2. The first-order valence-corrected chi connectivity index (χ1v) is 8.26. The predicted molar refractivity (Wildman–Crippen MR) is 109 cm³/mol. The predicted octanol–water partition coefficient (Wildman–Crippen LogP) is 5.70. The van der Waals surface area contributed by atoms with Crippen molar-refractivity contribution >= 4 is 23.2 Å². The van der Waals surface area contributed by atoms with Crippen LogP contribution in [0.25, 0.3) is 6.08 Å². The van der Waals surface area contributed by atoms with Crippen LogP contribution < -0.4 is 0 Å². The van der Waals surface area contributed by atoms with Crippen LogP contribution in [-0.4, -0.2) is 16.4 Å². The maximum absolute atomic E-state index is 4.74. The van der Waals surface area contributed by atoms with E-state index < -0.39 is 0 Å². The molecule has 0 saturated carbocycles. The zero-order valence-electron chi connectivity index (χ0n) is 14.8. The fraction of sp³-hybridized carbons (Fsp3) is 0.136. The quantitative estimate of drug-likeness (QED) is 0.600. The van der Waals surface area contributed by atoms with Crippen LogP contribution in [0.15, 0.2) is 84.1 Å². The Morgan fingerprint density at radius 1 is 1.16 bits per heavy atom. The summed E-state index contributed by atoms with van der Waals surface area (Å²) in [6, 6.07) is 12.1. The maximum atomic E-state index is 4.74. The van der Waals surface area contributed by atoms with Crippen molar-refractivity contribution in [2.75, 3.05) is 0 Å². The van der Waals surface area contributed by atoms with Crippen LogP contribution >= 0.6 is 0 Å². The minimum Gasteiger partial charge on any atom is -0.255 e. The molecule has 0 unspecified atom stereocenters. The molecule has 0 N–H and O–H groups in total. The van der Waals surface area contributed by atoms with Gasteiger partial charge in [0.15, 0.2) is 0 Å². The van der Waals surface area contributed by atoms with Gasteiger partial charge in [-0.2, -0.15) is 0 Å². The zero-order chi connectivity index (χ0) is 18.1. The summed E-state index contributed by atoms with van der Waals surface area (Å²) < 4.78 is 0. The minimum absolute atomic E-state index is 0.709. The average molecular weight is 329 g/mol. The highest BCUT2D eigenvalue weighted by Crippen LogP contribution is 2.18. The van der Waals surface area contributed by atoms with Gasteiger partial charge in [0.05, 0.1) is 17.1 Å². The number of aryl methyl sites for hydroxylation is 1. The van der Waals surface area contributed by atoms with Crippen LogP contribution in [-0.2, 0) is 0 Å². The summed E-state index contributed by atoms with van der Waals surface area (Å²) in [5.74, 6) is 0. The van der Waals surface area contributed by atoms with Crippen molar-refractivity contribution in [1.82, 2.24) is 4.98 Å². The van der Waals surface area contributed by atoms with Gasteiger partial charge in [-0.3, -0.25) is 15.0 Å². The van der Waals surface area contributed by atoms with E-state index in [1.165, 1.54) is 11.8 Å². The highest BCUT2D eigenvalue weighted by molar-refractivity contribution is 6.07. The number of allylic oxidation sites excluding steroid dienone is 2. The van der Waals surface area contributed by atoms with Crippen LogP contribution in [0.4, 0.5) is 5.69 Å². The molecule has 3 nitrogen and oxygen atoms in total. The van der Waals surface area contributed by atoms with E-state index in [-0.39, 0.29) is 0 Å². The lowest BCUT2D eigenvalue weighted by Crippen LogP contribution is -1.99. The van der Waals surface area contributed by atoms with E-state index >= 15 is 0 Å².